The molecule has 2 amide bonds. The van der Waals surface area contributed by atoms with Crippen molar-refractivity contribution in [3.05, 3.63) is 29.8 Å². The van der Waals surface area contributed by atoms with Gasteiger partial charge >= 0.3 is 0 Å². The van der Waals surface area contributed by atoms with Crippen LogP contribution in [0, 0.1) is 11.3 Å². The first-order chi connectivity index (χ1) is 11.1. The van der Waals surface area contributed by atoms with Crippen LogP contribution in [0.2, 0.25) is 0 Å². The summed E-state index contributed by atoms with van der Waals surface area (Å²) < 4.78 is 5.25. The number of hydrogen-bond acceptors (Lipinski definition) is 4. The summed E-state index contributed by atoms with van der Waals surface area (Å²) in [7, 11) is 1.59. The van der Waals surface area contributed by atoms with E-state index in [-0.39, 0.29) is 30.7 Å². The number of piperidine rings is 1. The van der Waals surface area contributed by atoms with Gasteiger partial charge in [-0.1, -0.05) is 18.2 Å². The summed E-state index contributed by atoms with van der Waals surface area (Å²) in [5, 5.41) is 11.6. The van der Waals surface area contributed by atoms with Crippen molar-refractivity contribution in [2.75, 3.05) is 20.2 Å². The fourth-order valence-electron chi connectivity index (χ4n) is 2.75. The molecule has 122 valence electrons. The molecule has 0 radical (unpaired) electrons. The first kappa shape index (κ1) is 16.8. The van der Waals surface area contributed by atoms with Crippen molar-refractivity contribution in [1.82, 2.24) is 10.2 Å². The second-order valence-corrected chi connectivity index (χ2v) is 5.55. The van der Waals surface area contributed by atoms with Gasteiger partial charge in [-0.05, 0) is 18.9 Å². The number of rotatable bonds is 5. The summed E-state index contributed by atoms with van der Waals surface area (Å²) in [6.07, 6.45) is 1.63. The highest BCUT2D eigenvalue weighted by Gasteiger charge is 2.23. The van der Waals surface area contributed by atoms with E-state index in [1.165, 1.54) is 0 Å². The minimum atomic E-state index is -0.133. The van der Waals surface area contributed by atoms with E-state index >= 15 is 0 Å². The minimum absolute atomic E-state index is 0.0451. The Morgan fingerprint density at radius 2 is 2.04 bits per heavy atom. The Bertz CT molecular complexity index is 601. The average molecular weight is 315 g/mol. The standard InChI is InChI=1S/C17H21N3O3/c1-23-15-5-3-2-4-13(15)12-16(21)19-14-7-10-20(11-8-14)17(22)6-9-18/h2-5,14H,6-8,10-12H2,1H3,(H,19,21). The molecule has 1 heterocycles. The van der Waals surface area contributed by atoms with Gasteiger partial charge in [0.2, 0.25) is 11.8 Å². The molecular formula is C17H21N3O3. The Balaban J connectivity index is 1.81. The lowest BCUT2D eigenvalue weighted by Crippen LogP contribution is -2.46. The lowest BCUT2D eigenvalue weighted by molar-refractivity contribution is -0.131. The predicted molar refractivity (Wildman–Crippen MR) is 84.7 cm³/mol. The van der Waals surface area contributed by atoms with Crippen molar-refractivity contribution < 1.29 is 14.3 Å². The first-order valence-corrected chi connectivity index (χ1v) is 7.70. The van der Waals surface area contributed by atoms with E-state index in [0.29, 0.717) is 18.8 Å². The molecule has 0 unspecified atom stereocenters. The van der Waals surface area contributed by atoms with Gasteiger partial charge in [-0.3, -0.25) is 9.59 Å². The summed E-state index contributed by atoms with van der Waals surface area (Å²) in [5.41, 5.74) is 0.856. The minimum Gasteiger partial charge on any atom is -0.496 e. The number of carbonyl (C=O) groups is 2. The van der Waals surface area contributed by atoms with Crippen LogP contribution in [0.25, 0.3) is 0 Å². The van der Waals surface area contributed by atoms with Gasteiger partial charge in [-0.15, -0.1) is 0 Å². The monoisotopic (exact) mass is 315 g/mol. The fourth-order valence-corrected chi connectivity index (χ4v) is 2.75. The third-order valence-corrected chi connectivity index (χ3v) is 3.99. The van der Waals surface area contributed by atoms with Crippen LogP contribution in [-0.4, -0.2) is 43.0 Å². The van der Waals surface area contributed by atoms with Crippen LogP contribution in [0.15, 0.2) is 24.3 Å². The average Bonchev–Trinajstić information content (AvgIpc) is 2.56. The smallest absolute Gasteiger partial charge is 0.236 e. The highest BCUT2D eigenvalue weighted by atomic mass is 16.5. The van der Waals surface area contributed by atoms with E-state index in [0.717, 1.165) is 18.4 Å². The number of methoxy groups -OCH3 is 1. The van der Waals surface area contributed by atoms with E-state index in [2.05, 4.69) is 5.32 Å². The van der Waals surface area contributed by atoms with Crippen LogP contribution in [0.5, 0.6) is 5.75 Å². The van der Waals surface area contributed by atoms with Crippen molar-refractivity contribution in [2.45, 2.75) is 31.7 Å². The van der Waals surface area contributed by atoms with Crippen LogP contribution < -0.4 is 10.1 Å². The number of ether oxygens (including phenoxy) is 1. The lowest BCUT2D eigenvalue weighted by atomic mass is 10.0. The van der Waals surface area contributed by atoms with Crippen LogP contribution in [0.3, 0.4) is 0 Å². The Labute approximate surface area is 136 Å². The number of hydrogen-bond donors (Lipinski definition) is 1. The Morgan fingerprint density at radius 3 is 2.70 bits per heavy atom. The van der Waals surface area contributed by atoms with E-state index in [4.69, 9.17) is 10.00 Å². The normalized spacial score (nSPS) is 14.9. The van der Waals surface area contributed by atoms with E-state index < -0.39 is 0 Å². The van der Waals surface area contributed by atoms with Crippen molar-refractivity contribution >= 4 is 11.8 Å². The largest absolute Gasteiger partial charge is 0.496 e. The van der Waals surface area contributed by atoms with E-state index in [1.54, 1.807) is 12.0 Å². The Hall–Kier alpha value is -2.55. The molecule has 1 saturated heterocycles. The third-order valence-electron chi connectivity index (χ3n) is 3.99. The van der Waals surface area contributed by atoms with Crippen LogP contribution >= 0.6 is 0 Å². The van der Waals surface area contributed by atoms with Crippen LogP contribution in [0.4, 0.5) is 0 Å². The second kappa shape index (κ2) is 8.18. The maximum absolute atomic E-state index is 12.2. The maximum atomic E-state index is 12.2. The molecule has 23 heavy (non-hydrogen) atoms. The molecule has 0 aromatic heterocycles. The van der Waals surface area contributed by atoms with Gasteiger partial charge in [0.15, 0.2) is 0 Å². The SMILES string of the molecule is COc1ccccc1CC(=O)NC1CCN(C(=O)CC#N)CC1. The molecule has 6 heteroatoms. The Morgan fingerprint density at radius 1 is 1.35 bits per heavy atom. The molecule has 0 bridgehead atoms. The molecule has 1 aromatic rings. The maximum Gasteiger partial charge on any atom is 0.236 e. The number of nitrogens with one attached hydrogen (secondary N) is 1. The Kier molecular flexibility index (Phi) is 5.98. The molecule has 1 fully saturated rings. The summed E-state index contributed by atoms with van der Waals surface area (Å²) in [6, 6.07) is 9.41. The molecule has 1 aliphatic heterocycles. The van der Waals surface area contributed by atoms with Gasteiger partial charge in [0.05, 0.1) is 19.6 Å². The number of nitrogens with zero attached hydrogens (tertiary/aromatic N) is 2. The third kappa shape index (κ3) is 4.71. The zero-order chi connectivity index (χ0) is 16.7. The summed E-state index contributed by atoms with van der Waals surface area (Å²) in [4.78, 5) is 25.5. The molecule has 0 spiro atoms. The van der Waals surface area contributed by atoms with Crippen molar-refractivity contribution in [3.63, 3.8) is 0 Å². The molecule has 6 nitrogen and oxygen atoms in total. The highest BCUT2D eigenvalue weighted by molar-refractivity contribution is 5.80. The number of carbonyl (C=O) groups excluding carboxylic acids is 2. The van der Waals surface area contributed by atoms with Gasteiger partial charge in [-0.25, -0.2) is 0 Å². The lowest BCUT2D eigenvalue weighted by Gasteiger charge is -2.32. The quantitative estimate of drug-likeness (QED) is 0.887. The summed E-state index contributed by atoms with van der Waals surface area (Å²) in [6.45, 7) is 1.17. The van der Waals surface area contributed by atoms with Crippen LogP contribution in [0.1, 0.15) is 24.8 Å². The molecule has 1 N–H and O–H groups in total. The number of para-hydroxylation sites is 1. The van der Waals surface area contributed by atoms with Gasteiger partial charge in [0, 0.05) is 24.7 Å². The van der Waals surface area contributed by atoms with Gasteiger partial charge in [0.25, 0.3) is 0 Å². The zero-order valence-corrected chi connectivity index (χ0v) is 13.2. The molecule has 2 rings (SSSR count). The number of nitriles is 1. The van der Waals surface area contributed by atoms with Crippen molar-refractivity contribution in [1.29, 1.82) is 5.26 Å². The molecule has 1 aliphatic rings. The molecule has 1 aromatic carbocycles. The number of benzene rings is 1. The van der Waals surface area contributed by atoms with Crippen molar-refractivity contribution in [2.24, 2.45) is 0 Å². The van der Waals surface area contributed by atoms with Gasteiger partial charge in [0.1, 0.15) is 12.2 Å². The van der Waals surface area contributed by atoms with E-state index in [9.17, 15) is 9.59 Å². The van der Waals surface area contributed by atoms with Crippen LogP contribution in [-0.2, 0) is 16.0 Å². The number of amides is 2. The predicted octanol–water partition coefficient (Wildman–Crippen LogP) is 1.26. The van der Waals surface area contributed by atoms with Gasteiger partial charge < -0.3 is 15.0 Å². The fraction of sp³-hybridized carbons (Fsp3) is 0.471. The topological polar surface area (TPSA) is 82.4 Å². The zero-order valence-electron chi connectivity index (χ0n) is 13.2. The second-order valence-electron chi connectivity index (χ2n) is 5.55. The molecular weight excluding hydrogens is 294 g/mol. The summed E-state index contributed by atoms with van der Waals surface area (Å²) >= 11 is 0. The molecule has 0 aliphatic carbocycles. The first-order valence-electron chi connectivity index (χ1n) is 7.70. The van der Waals surface area contributed by atoms with E-state index in [1.807, 2.05) is 30.3 Å². The highest BCUT2D eigenvalue weighted by Crippen LogP contribution is 2.18. The van der Waals surface area contributed by atoms with Crippen molar-refractivity contribution in [3.8, 4) is 11.8 Å². The molecule has 0 atom stereocenters. The van der Waals surface area contributed by atoms with Gasteiger partial charge in [-0.2, -0.15) is 5.26 Å². The summed E-state index contributed by atoms with van der Waals surface area (Å²) in [5.74, 6) is 0.530. The molecule has 0 saturated carbocycles. The number of likely N-dealkylation sites (tertiary alicyclic amines) is 1.